The highest BCUT2D eigenvalue weighted by molar-refractivity contribution is 7.85. The van der Waals surface area contributed by atoms with Crippen molar-refractivity contribution in [3.8, 4) is 0 Å². The van der Waals surface area contributed by atoms with E-state index in [1.54, 1.807) is 0 Å². The Balaban J connectivity index is 0. The van der Waals surface area contributed by atoms with Crippen LogP contribution >= 0.6 is 0 Å². The first-order valence-electron chi connectivity index (χ1n) is 6.23. The molecule has 0 rings (SSSR count). The lowest BCUT2D eigenvalue weighted by atomic mass is 10.1. The van der Waals surface area contributed by atoms with Gasteiger partial charge in [-0.3, -0.25) is 4.55 Å². The molecule has 0 fully saturated rings. The molecule has 0 aromatic rings. The second-order valence-electron chi connectivity index (χ2n) is 4.27. The summed E-state index contributed by atoms with van der Waals surface area (Å²) >= 11 is 0. The summed E-state index contributed by atoms with van der Waals surface area (Å²) < 4.78 is 64.2. The Morgan fingerprint density at radius 2 is 1.32 bits per heavy atom. The largest absolute Gasteiger partial charge is 0.389 e. The monoisotopic (exact) mass is 307 g/mol. The summed E-state index contributed by atoms with van der Waals surface area (Å²) in [5, 5.41) is 2.75. The van der Waals surface area contributed by atoms with Crippen LogP contribution in [0.15, 0.2) is 0 Å². The summed E-state index contributed by atoms with van der Waals surface area (Å²) in [4.78, 5) is 0. The van der Waals surface area contributed by atoms with Crippen LogP contribution in [0.1, 0.15) is 44.9 Å². The Bertz CT molecular complexity index is 292. The number of hydrogen-bond acceptors (Lipinski definition) is 3. The van der Waals surface area contributed by atoms with Crippen molar-refractivity contribution in [2.24, 2.45) is 0 Å². The third-order valence-electron chi connectivity index (χ3n) is 2.11. The van der Waals surface area contributed by atoms with Gasteiger partial charge in [-0.25, -0.2) is 0 Å². The van der Waals surface area contributed by atoms with E-state index in [-0.39, 0.29) is 12.2 Å². The SMILES string of the molecule is CNC.O=S(=O)(O)CCCCCCCCC(F)(F)F. The lowest BCUT2D eigenvalue weighted by Crippen LogP contribution is -2.06. The van der Waals surface area contributed by atoms with Crippen molar-refractivity contribution < 1.29 is 26.1 Å². The molecule has 0 bridgehead atoms. The molecule has 4 nitrogen and oxygen atoms in total. The number of nitrogens with one attached hydrogen (secondary N) is 1. The third kappa shape index (κ3) is 27.0. The van der Waals surface area contributed by atoms with Gasteiger partial charge in [-0.2, -0.15) is 21.6 Å². The van der Waals surface area contributed by atoms with Gasteiger partial charge in [0.15, 0.2) is 0 Å². The Morgan fingerprint density at radius 1 is 0.947 bits per heavy atom. The number of alkyl halides is 3. The molecule has 0 saturated heterocycles. The second-order valence-corrected chi connectivity index (χ2v) is 5.84. The standard InChI is InChI=1S/C9H17F3O3S.C2H7N/c10-9(11,12)7-5-3-1-2-4-6-8-16(13,14)15;1-3-2/h1-8H2,(H,13,14,15);3H,1-2H3. The zero-order valence-corrected chi connectivity index (χ0v) is 12.3. The highest BCUT2D eigenvalue weighted by atomic mass is 32.2. The number of unbranched alkanes of at least 4 members (excludes halogenated alkanes) is 5. The molecule has 0 aromatic carbocycles. The van der Waals surface area contributed by atoms with Crippen molar-refractivity contribution >= 4 is 10.1 Å². The molecule has 2 N–H and O–H groups in total. The smallest absolute Gasteiger partial charge is 0.323 e. The third-order valence-corrected chi connectivity index (χ3v) is 2.92. The van der Waals surface area contributed by atoms with Crippen molar-refractivity contribution in [3.05, 3.63) is 0 Å². The van der Waals surface area contributed by atoms with Gasteiger partial charge in [0.25, 0.3) is 10.1 Å². The molecular formula is C11H24F3NO3S. The maximum atomic E-state index is 11.7. The molecule has 0 atom stereocenters. The average molecular weight is 307 g/mol. The number of hydrogen-bond donors (Lipinski definition) is 2. The average Bonchev–Trinajstić information content (AvgIpc) is 2.20. The highest BCUT2D eigenvalue weighted by Crippen LogP contribution is 2.23. The van der Waals surface area contributed by atoms with Gasteiger partial charge >= 0.3 is 6.18 Å². The first kappa shape index (κ1) is 21.0. The molecule has 0 amide bonds. The van der Waals surface area contributed by atoms with E-state index in [9.17, 15) is 21.6 Å². The number of rotatable bonds is 8. The van der Waals surface area contributed by atoms with Crippen molar-refractivity contribution in [3.63, 3.8) is 0 Å². The van der Waals surface area contributed by atoms with E-state index in [0.29, 0.717) is 32.1 Å². The molecule has 0 spiro atoms. The van der Waals surface area contributed by atoms with Crippen LogP contribution in [0.4, 0.5) is 13.2 Å². The van der Waals surface area contributed by atoms with Crippen molar-refractivity contribution in [2.75, 3.05) is 19.8 Å². The first-order valence-corrected chi connectivity index (χ1v) is 7.83. The molecule has 0 aliphatic rings. The minimum absolute atomic E-state index is 0.127. The predicted molar refractivity (Wildman–Crippen MR) is 69.8 cm³/mol. The van der Waals surface area contributed by atoms with Crippen LogP contribution in [0.25, 0.3) is 0 Å². The molecule has 0 aliphatic heterocycles. The summed E-state index contributed by atoms with van der Waals surface area (Å²) in [6.07, 6.45) is -1.85. The zero-order valence-electron chi connectivity index (χ0n) is 11.5. The molecular weight excluding hydrogens is 283 g/mol. The lowest BCUT2D eigenvalue weighted by molar-refractivity contribution is -0.135. The van der Waals surface area contributed by atoms with Crippen LogP contribution < -0.4 is 5.32 Å². The van der Waals surface area contributed by atoms with Gasteiger partial charge < -0.3 is 5.32 Å². The van der Waals surface area contributed by atoms with Crippen LogP contribution in [0.2, 0.25) is 0 Å². The van der Waals surface area contributed by atoms with Crippen molar-refractivity contribution in [1.29, 1.82) is 0 Å². The van der Waals surface area contributed by atoms with Gasteiger partial charge in [-0.05, 0) is 26.9 Å². The maximum Gasteiger partial charge on any atom is 0.389 e. The van der Waals surface area contributed by atoms with E-state index in [0.717, 1.165) is 0 Å². The molecule has 8 heteroatoms. The quantitative estimate of drug-likeness (QED) is 0.534. The van der Waals surface area contributed by atoms with Gasteiger partial charge in [0.05, 0.1) is 5.75 Å². The fraction of sp³-hybridized carbons (Fsp3) is 1.00. The fourth-order valence-electron chi connectivity index (χ4n) is 1.32. The first-order chi connectivity index (χ1) is 8.62. The van der Waals surface area contributed by atoms with Gasteiger partial charge in [-0.1, -0.05) is 25.7 Å². The molecule has 0 saturated carbocycles. The normalized spacial score (nSPS) is 11.9. The predicted octanol–water partition coefficient (Wildman–Crippen LogP) is 3.00. The van der Waals surface area contributed by atoms with Crippen molar-refractivity contribution in [1.82, 2.24) is 5.32 Å². The van der Waals surface area contributed by atoms with Crippen LogP contribution in [-0.4, -0.2) is 39.0 Å². The minimum Gasteiger partial charge on any atom is -0.323 e. The molecule has 0 unspecified atom stereocenters. The summed E-state index contributed by atoms with van der Waals surface area (Å²) in [7, 11) is -0.140. The van der Waals surface area contributed by atoms with E-state index in [1.807, 2.05) is 14.1 Å². The van der Waals surface area contributed by atoms with Crippen LogP contribution in [0.5, 0.6) is 0 Å². The summed E-state index contributed by atoms with van der Waals surface area (Å²) in [6.45, 7) is 0. The van der Waals surface area contributed by atoms with Crippen molar-refractivity contribution in [2.45, 2.75) is 51.1 Å². The van der Waals surface area contributed by atoms with E-state index in [2.05, 4.69) is 5.32 Å². The highest BCUT2D eigenvalue weighted by Gasteiger charge is 2.25. The van der Waals surface area contributed by atoms with Gasteiger partial charge in [0, 0.05) is 6.42 Å². The molecule has 0 heterocycles. The number of halogens is 3. The van der Waals surface area contributed by atoms with Crippen LogP contribution in [0.3, 0.4) is 0 Å². The molecule has 0 radical (unpaired) electrons. The fourth-order valence-corrected chi connectivity index (χ4v) is 1.89. The summed E-state index contributed by atoms with van der Waals surface area (Å²) in [5.41, 5.74) is 0. The maximum absolute atomic E-state index is 11.7. The second kappa shape index (κ2) is 11.5. The van der Waals surface area contributed by atoms with Gasteiger partial charge in [0.1, 0.15) is 0 Å². The topological polar surface area (TPSA) is 66.4 Å². The van der Waals surface area contributed by atoms with Crippen LogP contribution in [-0.2, 0) is 10.1 Å². The van der Waals surface area contributed by atoms with E-state index in [4.69, 9.17) is 4.55 Å². The minimum atomic E-state index is -4.08. The Hall–Kier alpha value is -0.340. The molecule has 0 aromatic heterocycles. The Kier molecular flexibility index (Phi) is 12.7. The zero-order chi connectivity index (χ0) is 15.4. The molecule has 19 heavy (non-hydrogen) atoms. The molecule has 118 valence electrons. The van der Waals surface area contributed by atoms with E-state index in [1.165, 1.54) is 0 Å². The van der Waals surface area contributed by atoms with Crippen LogP contribution in [0, 0.1) is 0 Å². The molecule has 0 aliphatic carbocycles. The van der Waals surface area contributed by atoms with E-state index < -0.39 is 22.7 Å². The van der Waals surface area contributed by atoms with E-state index >= 15 is 0 Å². The van der Waals surface area contributed by atoms with Gasteiger partial charge in [0.2, 0.25) is 0 Å². The lowest BCUT2D eigenvalue weighted by Gasteiger charge is -2.05. The summed E-state index contributed by atoms with van der Waals surface area (Å²) in [5.74, 6) is -0.268. The Morgan fingerprint density at radius 3 is 1.68 bits per heavy atom. The summed E-state index contributed by atoms with van der Waals surface area (Å²) in [6, 6.07) is 0. The Labute approximate surface area is 113 Å². The van der Waals surface area contributed by atoms with Gasteiger partial charge in [-0.15, -0.1) is 0 Å².